The number of ether oxygens (including phenoxy) is 2. The molecule has 0 bridgehead atoms. The smallest absolute Gasteiger partial charge is 0.417 e. The Hall–Kier alpha value is -3.43. The quantitative estimate of drug-likeness (QED) is 0.276. The van der Waals surface area contributed by atoms with Gasteiger partial charge in [-0.15, -0.1) is 0 Å². The third-order valence-electron chi connectivity index (χ3n) is 6.53. The molecule has 0 aliphatic carbocycles. The molecule has 1 aromatic heterocycles. The summed E-state index contributed by atoms with van der Waals surface area (Å²) in [5.41, 5.74) is 3.41. The second kappa shape index (κ2) is 8.60. The minimum atomic E-state index is -4.57. The summed E-state index contributed by atoms with van der Waals surface area (Å²) < 4.78 is 51.3. The Bertz CT molecular complexity index is 1500. The lowest BCUT2D eigenvalue weighted by Crippen LogP contribution is -2.42. The van der Waals surface area contributed by atoms with E-state index in [-0.39, 0.29) is 23.5 Å². The van der Waals surface area contributed by atoms with Gasteiger partial charge in [0.25, 0.3) is 0 Å². The zero-order valence-electron chi connectivity index (χ0n) is 18.7. The number of fused-ring (bicyclic) bond motifs is 4. The van der Waals surface area contributed by atoms with Gasteiger partial charge in [0.2, 0.25) is 6.79 Å². The standard InChI is InChI=1S/C26H19ClF3N3O2S/c27-19-7-6-15(12-18(19)26(28,29)30)31-25(36)33-10-9-17-16-3-1-2-4-20(16)32-23(17)24(33)14-5-8-21-22(11-14)35-13-34-21/h1-8,11-12,24,32H,9-10,13H2,(H,31,36)/t24-/m1/s1. The van der Waals surface area contributed by atoms with Gasteiger partial charge in [-0.25, -0.2) is 0 Å². The highest BCUT2D eigenvalue weighted by Crippen LogP contribution is 2.42. The first-order valence-electron chi connectivity index (χ1n) is 11.2. The molecule has 10 heteroatoms. The Kier molecular flexibility index (Phi) is 5.49. The number of halogens is 4. The van der Waals surface area contributed by atoms with Gasteiger partial charge in [0.15, 0.2) is 16.6 Å². The van der Waals surface area contributed by atoms with Crippen LogP contribution in [0, 0.1) is 0 Å². The van der Waals surface area contributed by atoms with Crippen molar-refractivity contribution in [2.45, 2.75) is 18.6 Å². The molecular formula is C26H19ClF3N3O2S. The lowest BCUT2D eigenvalue weighted by atomic mass is 9.92. The second-order valence-electron chi connectivity index (χ2n) is 8.64. The maximum absolute atomic E-state index is 13.4. The average molecular weight is 530 g/mol. The zero-order chi connectivity index (χ0) is 25.0. The van der Waals surface area contributed by atoms with Gasteiger partial charge >= 0.3 is 6.18 Å². The van der Waals surface area contributed by atoms with Gasteiger partial charge in [0.05, 0.1) is 16.6 Å². The van der Waals surface area contributed by atoms with Crippen molar-refractivity contribution in [3.8, 4) is 11.5 Å². The Balaban J connectivity index is 1.40. The molecule has 0 saturated carbocycles. The molecule has 3 heterocycles. The number of aromatic nitrogens is 1. The number of aromatic amines is 1. The summed E-state index contributed by atoms with van der Waals surface area (Å²) in [5, 5.41) is 4.08. The topological polar surface area (TPSA) is 49.5 Å². The van der Waals surface area contributed by atoms with E-state index < -0.39 is 11.7 Å². The lowest BCUT2D eigenvalue weighted by Gasteiger charge is -2.38. The highest BCUT2D eigenvalue weighted by atomic mass is 35.5. The van der Waals surface area contributed by atoms with Crippen LogP contribution in [-0.2, 0) is 12.6 Å². The van der Waals surface area contributed by atoms with E-state index >= 15 is 0 Å². The number of nitrogens with one attached hydrogen (secondary N) is 2. The molecule has 4 aromatic rings. The molecule has 6 rings (SSSR count). The molecule has 2 aliphatic rings. The van der Waals surface area contributed by atoms with Crippen LogP contribution < -0.4 is 14.8 Å². The molecule has 0 radical (unpaired) electrons. The van der Waals surface area contributed by atoms with Gasteiger partial charge in [0.1, 0.15) is 0 Å². The summed E-state index contributed by atoms with van der Waals surface area (Å²) in [7, 11) is 0. The van der Waals surface area contributed by atoms with Crippen LogP contribution in [0.5, 0.6) is 11.5 Å². The number of hydrogen-bond acceptors (Lipinski definition) is 3. The predicted octanol–water partition coefficient (Wildman–Crippen LogP) is 6.91. The van der Waals surface area contributed by atoms with Crippen LogP contribution in [-0.4, -0.2) is 28.3 Å². The molecule has 36 heavy (non-hydrogen) atoms. The van der Waals surface area contributed by atoms with Crippen LogP contribution >= 0.6 is 23.8 Å². The number of nitrogens with zero attached hydrogens (tertiary/aromatic N) is 1. The molecule has 5 nitrogen and oxygen atoms in total. The van der Waals surface area contributed by atoms with Gasteiger partial charge in [0, 0.05) is 28.8 Å². The van der Waals surface area contributed by atoms with Gasteiger partial charge in [-0.2, -0.15) is 13.2 Å². The summed E-state index contributed by atoms with van der Waals surface area (Å²) in [6, 6.07) is 17.2. The molecule has 0 amide bonds. The molecule has 2 N–H and O–H groups in total. The SMILES string of the molecule is FC(F)(F)c1cc(NC(=S)N2CCc3c([nH]c4ccccc34)[C@H]2c2ccc3c(c2)OCO3)ccc1Cl. The predicted molar refractivity (Wildman–Crippen MR) is 136 cm³/mol. The summed E-state index contributed by atoms with van der Waals surface area (Å²) in [6.07, 6.45) is -3.85. The molecule has 1 atom stereocenters. The van der Waals surface area contributed by atoms with Gasteiger partial charge in [-0.05, 0) is 66.2 Å². The molecule has 3 aromatic carbocycles. The van der Waals surface area contributed by atoms with Crippen LogP contribution in [0.1, 0.15) is 28.4 Å². The van der Waals surface area contributed by atoms with Crippen LogP contribution in [0.2, 0.25) is 5.02 Å². The first kappa shape index (κ1) is 23.0. The van der Waals surface area contributed by atoms with E-state index in [2.05, 4.69) is 16.4 Å². The number of hydrogen-bond donors (Lipinski definition) is 2. The summed E-state index contributed by atoms with van der Waals surface area (Å²) in [5.74, 6) is 1.31. The Morgan fingerprint density at radius 3 is 2.69 bits per heavy atom. The fourth-order valence-electron chi connectivity index (χ4n) is 4.90. The van der Waals surface area contributed by atoms with E-state index in [0.29, 0.717) is 23.2 Å². The number of benzene rings is 3. The van der Waals surface area contributed by atoms with Crippen LogP contribution in [0.15, 0.2) is 60.7 Å². The number of rotatable bonds is 2. The minimum absolute atomic E-state index is 0.156. The van der Waals surface area contributed by atoms with Gasteiger partial charge in [-0.3, -0.25) is 0 Å². The van der Waals surface area contributed by atoms with Crippen molar-refractivity contribution in [2.24, 2.45) is 0 Å². The number of anilines is 1. The van der Waals surface area contributed by atoms with Crippen LogP contribution in [0.3, 0.4) is 0 Å². The molecule has 0 unspecified atom stereocenters. The van der Waals surface area contributed by atoms with E-state index in [1.54, 1.807) is 0 Å². The van der Waals surface area contributed by atoms with Crippen molar-refractivity contribution in [3.63, 3.8) is 0 Å². The molecule has 0 fully saturated rings. The first-order valence-corrected chi connectivity index (χ1v) is 12.0. The van der Waals surface area contributed by atoms with Crippen molar-refractivity contribution in [3.05, 3.63) is 88.1 Å². The number of H-pyrrole nitrogens is 1. The van der Waals surface area contributed by atoms with E-state index in [1.165, 1.54) is 17.7 Å². The Morgan fingerprint density at radius 2 is 1.86 bits per heavy atom. The molecule has 0 spiro atoms. The van der Waals surface area contributed by atoms with Crippen molar-refractivity contribution in [1.82, 2.24) is 9.88 Å². The molecule has 184 valence electrons. The average Bonchev–Trinajstić information content (AvgIpc) is 3.47. The van der Waals surface area contributed by atoms with E-state index in [1.807, 2.05) is 41.3 Å². The number of thiocarbonyl (C=S) groups is 1. The summed E-state index contributed by atoms with van der Waals surface area (Å²) in [4.78, 5) is 5.53. The zero-order valence-corrected chi connectivity index (χ0v) is 20.2. The van der Waals surface area contributed by atoms with Crippen LogP contribution in [0.4, 0.5) is 18.9 Å². The highest BCUT2D eigenvalue weighted by Gasteiger charge is 2.36. The van der Waals surface area contributed by atoms with Crippen LogP contribution in [0.25, 0.3) is 10.9 Å². The number of alkyl halides is 3. The third kappa shape index (κ3) is 3.92. The molecular weight excluding hydrogens is 511 g/mol. The first-order chi connectivity index (χ1) is 17.3. The van der Waals surface area contributed by atoms with Gasteiger partial charge < -0.3 is 24.7 Å². The maximum Gasteiger partial charge on any atom is 0.417 e. The van der Waals surface area contributed by atoms with Crippen molar-refractivity contribution >= 4 is 45.5 Å². The fraction of sp³-hybridized carbons (Fsp3) is 0.192. The third-order valence-corrected chi connectivity index (χ3v) is 7.20. The normalized spacial score (nSPS) is 16.8. The Morgan fingerprint density at radius 1 is 1.06 bits per heavy atom. The Labute approximate surface area is 214 Å². The molecule has 0 saturated heterocycles. The fourth-order valence-corrected chi connectivity index (χ4v) is 5.44. The van der Waals surface area contributed by atoms with E-state index in [4.69, 9.17) is 33.3 Å². The van der Waals surface area contributed by atoms with Crippen molar-refractivity contribution in [1.29, 1.82) is 0 Å². The van der Waals surface area contributed by atoms with E-state index in [0.717, 1.165) is 34.6 Å². The lowest BCUT2D eigenvalue weighted by molar-refractivity contribution is -0.137. The second-order valence-corrected chi connectivity index (χ2v) is 9.44. The summed E-state index contributed by atoms with van der Waals surface area (Å²) in [6.45, 7) is 0.725. The molecule has 2 aliphatic heterocycles. The maximum atomic E-state index is 13.4. The van der Waals surface area contributed by atoms with Crippen molar-refractivity contribution < 1.29 is 22.6 Å². The summed E-state index contributed by atoms with van der Waals surface area (Å²) >= 11 is 11.5. The highest BCUT2D eigenvalue weighted by molar-refractivity contribution is 7.80. The van der Waals surface area contributed by atoms with Gasteiger partial charge in [-0.1, -0.05) is 35.9 Å². The van der Waals surface area contributed by atoms with Crippen molar-refractivity contribution in [2.75, 3.05) is 18.7 Å². The van der Waals surface area contributed by atoms with E-state index in [9.17, 15) is 13.2 Å². The minimum Gasteiger partial charge on any atom is -0.454 e. The largest absolute Gasteiger partial charge is 0.454 e. The number of para-hydroxylation sites is 1. The monoisotopic (exact) mass is 529 g/mol.